The summed E-state index contributed by atoms with van der Waals surface area (Å²) in [7, 11) is 3.18. The van der Waals surface area contributed by atoms with Gasteiger partial charge in [-0.25, -0.2) is 5.43 Å². The molecule has 1 aliphatic rings. The van der Waals surface area contributed by atoms with Gasteiger partial charge in [-0.3, -0.25) is 4.79 Å². The summed E-state index contributed by atoms with van der Waals surface area (Å²) in [5.41, 5.74) is 5.52. The van der Waals surface area contributed by atoms with E-state index in [9.17, 15) is 4.79 Å². The Kier molecular flexibility index (Phi) is 4.85. The average molecular weight is 344 g/mol. The first kappa shape index (κ1) is 16.5. The van der Waals surface area contributed by atoms with Crippen LogP contribution < -0.4 is 14.9 Å². The lowest BCUT2D eigenvalue weighted by molar-refractivity contribution is 0.0959. The summed E-state index contributed by atoms with van der Waals surface area (Å²) >= 11 is 1.57. The predicted molar refractivity (Wildman–Crippen MR) is 95.6 cm³/mol. The number of nitrogens with one attached hydrogen (secondary N) is 1. The van der Waals surface area contributed by atoms with Crippen LogP contribution in [0.15, 0.2) is 29.4 Å². The molecule has 0 saturated carbocycles. The predicted octanol–water partition coefficient (Wildman–Crippen LogP) is 3.41. The van der Waals surface area contributed by atoms with Crippen LogP contribution >= 0.6 is 11.3 Å². The van der Waals surface area contributed by atoms with E-state index in [1.54, 1.807) is 25.6 Å². The van der Waals surface area contributed by atoms with E-state index in [1.807, 2.05) is 31.2 Å². The zero-order chi connectivity index (χ0) is 17.1. The first-order valence-corrected chi connectivity index (χ1v) is 8.62. The first-order chi connectivity index (χ1) is 11.6. The maximum Gasteiger partial charge on any atom is 0.281 e. The molecule has 2 aromatic rings. The van der Waals surface area contributed by atoms with Crippen LogP contribution in [-0.4, -0.2) is 25.8 Å². The minimum Gasteiger partial charge on any atom is -0.493 e. The molecule has 24 heavy (non-hydrogen) atoms. The van der Waals surface area contributed by atoms with Gasteiger partial charge in [0.25, 0.3) is 5.91 Å². The third kappa shape index (κ3) is 3.28. The molecule has 0 atom stereocenters. The number of benzene rings is 1. The van der Waals surface area contributed by atoms with Crippen LogP contribution in [0.1, 0.15) is 39.0 Å². The van der Waals surface area contributed by atoms with Gasteiger partial charge in [0.15, 0.2) is 11.5 Å². The van der Waals surface area contributed by atoms with E-state index in [2.05, 4.69) is 10.5 Å². The number of rotatable bonds is 5. The van der Waals surface area contributed by atoms with Gasteiger partial charge in [0.05, 0.1) is 24.8 Å². The second-order valence-corrected chi connectivity index (χ2v) is 6.76. The zero-order valence-corrected chi connectivity index (χ0v) is 14.8. The zero-order valence-electron chi connectivity index (χ0n) is 14.0. The summed E-state index contributed by atoms with van der Waals surface area (Å²) in [4.78, 5) is 14.3. The van der Waals surface area contributed by atoms with E-state index >= 15 is 0 Å². The number of ether oxygens (including phenoxy) is 2. The van der Waals surface area contributed by atoms with Gasteiger partial charge in [-0.15, -0.1) is 11.3 Å². The quantitative estimate of drug-likeness (QED) is 0.668. The van der Waals surface area contributed by atoms with Gasteiger partial charge in [0, 0.05) is 10.4 Å². The maximum absolute atomic E-state index is 12.3. The Bertz CT molecular complexity index is 774. The van der Waals surface area contributed by atoms with Crippen molar-refractivity contribution in [3.05, 3.63) is 45.1 Å². The summed E-state index contributed by atoms with van der Waals surface area (Å²) in [5, 5.41) is 4.21. The van der Waals surface area contributed by atoms with Gasteiger partial charge in [-0.05, 0) is 56.0 Å². The molecule has 0 unspecified atom stereocenters. The second kappa shape index (κ2) is 7.05. The number of amides is 1. The Labute approximate surface area is 145 Å². The molecule has 1 aliphatic carbocycles. The van der Waals surface area contributed by atoms with Crippen molar-refractivity contribution in [3.8, 4) is 11.5 Å². The SMILES string of the molecule is COc1ccc(/C(C)=N\NC(=O)c2cc3c(s2)CCC3)cc1OC. The fourth-order valence-corrected chi connectivity index (χ4v) is 3.90. The lowest BCUT2D eigenvalue weighted by atomic mass is 10.1. The van der Waals surface area contributed by atoms with Crippen molar-refractivity contribution in [2.24, 2.45) is 5.10 Å². The molecule has 0 saturated heterocycles. The number of carbonyl (C=O) groups excluding carboxylic acids is 1. The largest absolute Gasteiger partial charge is 0.493 e. The topological polar surface area (TPSA) is 59.9 Å². The van der Waals surface area contributed by atoms with Crippen molar-refractivity contribution < 1.29 is 14.3 Å². The highest BCUT2D eigenvalue weighted by Gasteiger charge is 2.18. The molecule has 1 aromatic heterocycles. The van der Waals surface area contributed by atoms with Crippen LogP contribution in [0, 0.1) is 0 Å². The third-order valence-corrected chi connectivity index (χ3v) is 5.33. The van der Waals surface area contributed by atoms with Gasteiger partial charge in [-0.2, -0.15) is 5.10 Å². The van der Waals surface area contributed by atoms with Gasteiger partial charge >= 0.3 is 0 Å². The number of fused-ring (bicyclic) bond motifs is 1. The van der Waals surface area contributed by atoms with Crippen molar-refractivity contribution >= 4 is 23.0 Å². The minimum atomic E-state index is -0.158. The van der Waals surface area contributed by atoms with Crippen LogP contribution in [0.25, 0.3) is 0 Å². The molecule has 1 N–H and O–H groups in total. The average Bonchev–Trinajstić information content (AvgIpc) is 3.20. The highest BCUT2D eigenvalue weighted by molar-refractivity contribution is 7.14. The summed E-state index contributed by atoms with van der Waals surface area (Å²) < 4.78 is 10.5. The highest BCUT2D eigenvalue weighted by atomic mass is 32.1. The van der Waals surface area contributed by atoms with Crippen LogP contribution in [0.2, 0.25) is 0 Å². The van der Waals surface area contributed by atoms with Crippen LogP contribution in [-0.2, 0) is 12.8 Å². The van der Waals surface area contributed by atoms with Gasteiger partial charge in [0.2, 0.25) is 0 Å². The summed E-state index contributed by atoms with van der Waals surface area (Å²) in [6, 6.07) is 7.53. The van der Waals surface area contributed by atoms with Crippen LogP contribution in [0.4, 0.5) is 0 Å². The number of hydrazone groups is 1. The second-order valence-electron chi connectivity index (χ2n) is 5.62. The van der Waals surface area contributed by atoms with E-state index in [4.69, 9.17) is 9.47 Å². The van der Waals surface area contributed by atoms with Gasteiger partial charge in [0.1, 0.15) is 0 Å². The smallest absolute Gasteiger partial charge is 0.281 e. The van der Waals surface area contributed by atoms with E-state index in [-0.39, 0.29) is 5.91 Å². The van der Waals surface area contributed by atoms with Crippen molar-refractivity contribution in [2.45, 2.75) is 26.2 Å². The van der Waals surface area contributed by atoms with Crippen LogP contribution in [0.5, 0.6) is 11.5 Å². The fourth-order valence-electron chi connectivity index (χ4n) is 2.76. The molecule has 1 aromatic carbocycles. The molecule has 1 heterocycles. The summed E-state index contributed by atoms with van der Waals surface area (Å²) in [5.74, 6) is 1.13. The minimum absolute atomic E-state index is 0.158. The van der Waals surface area contributed by atoms with Crippen molar-refractivity contribution in [1.29, 1.82) is 0 Å². The normalized spacial score (nSPS) is 13.5. The first-order valence-electron chi connectivity index (χ1n) is 7.81. The van der Waals surface area contributed by atoms with Gasteiger partial charge < -0.3 is 9.47 Å². The Morgan fingerprint density at radius 3 is 2.67 bits per heavy atom. The lowest BCUT2D eigenvalue weighted by Gasteiger charge is -2.09. The number of aryl methyl sites for hydroxylation is 2. The Balaban J connectivity index is 1.72. The monoisotopic (exact) mass is 344 g/mol. The molecule has 0 spiro atoms. The van der Waals surface area contributed by atoms with Crippen molar-refractivity contribution in [1.82, 2.24) is 5.43 Å². The number of carbonyl (C=O) groups is 1. The molecular weight excluding hydrogens is 324 g/mol. The van der Waals surface area contributed by atoms with E-state index in [0.29, 0.717) is 17.2 Å². The molecule has 3 rings (SSSR count). The molecule has 0 radical (unpaired) electrons. The molecular formula is C18H20N2O3S. The molecule has 1 amide bonds. The number of hydrogen-bond donors (Lipinski definition) is 1. The van der Waals surface area contributed by atoms with E-state index in [1.165, 1.54) is 16.9 Å². The highest BCUT2D eigenvalue weighted by Crippen LogP contribution is 2.30. The Morgan fingerprint density at radius 1 is 1.17 bits per heavy atom. The summed E-state index contributed by atoms with van der Waals surface area (Å²) in [6.45, 7) is 1.84. The number of nitrogens with zero attached hydrogens (tertiary/aromatic N) is 1. The number of thiophene rings is 1. The molecule has 0 aliphatic heterocycles. The fraction of sp³-hybridized carbons (Fsp3) is 0.333. The van der Waals surface area contributed by atoms with Gasteiger partial charge in [-0.1, -0.05) is 0 Å². The third-order valence-electron chi connectivity index (χ3n) is 4.10. The molecule has 5 nitrogen and oxygen atoms in total. The Morgan fingerprint density at radius 2 is 1.96 bits per heavy atom. The Hall–Kier alpha value is -2.34. The standard InChI is InChI=1S/C18H20N2O3S/c1-11(12-7-8-14(22-2)15(9-12)23-3)19-20-18(21)17-10-13-5-4-6-16(13)24-17/h7-10H,4-6H2,1-3H3,(H,20,21)/b19-11-. The molecule has 126 valence electrons. The van der Waals surface area contributed by atoms with E-state index < -0.39 is 0 Å². The number of hydrogen-bond acceptors (Lipinski definition) is 5. The van der Waals surface area contributed by atoms with Crippen molar-refractivity contribution in [3.63, 3.8) is 0 Å². The lowest BCUT2D eigenvalue weighted by Crippen LogP contribution is -2.18. The molecule has 0 fully saturated rings. The summed E-state index contributed by atoms with van der Waals surface area (Å²) in [6.07, 6.45) is 3.36. The maximum atomic E-state index is 12.3. The van der Waals surface area contributed by atoms with Crippen molar-refractivity contribution in [2.75, 3.05) is 14.2 Å². The molecule has 0 bridgehead atoms. The number of methoxy groups -OCH3 is 2. The van der Waals surface area contributed by atoms with E-state index in [0.717, 1.165) is 23.3 Å². The van der Waals surface area contributed by atoms with Crippen LogP contribution in [0.3, 0.4) is 0 Å². The molecule has 6 heteroatoms.